The van der Waals surface area contributed by atoms with Crippen molar-refractivity contribution in [1.82, 2.24) is 15.1 Å². The average Bonchev–Trinajstić information content (AvgIpc) is 3.29. The maximum absolute atomic E-state index is 12.6. The van der Waals surface area contributed by atoms with E-state index in [1.165, 1.54) is 0 Å². The summed E-state index contributed by atoms with van der Waals surface area (Å²) >= 11 is 0. The Morgan fingerprint density at radius 1 is 1.19 bits per heavy atom. The molecule has 1 amide bonds. The summed E-state index contributed by atoms with van der Waals surface area (Å²) in [5.74, 6) is 0.485. The molecule has 4 aromatic rings. The number of fused-ring (bicyclic) bond motifs is 1. The van der Waals surface area contributed by atoms with Crippen LogP contribution in [0.1, 0.15) is 46.0 Å². The number of carbonyl (C=O) groups is 1. The third-order valence-corrected chi connectivity index (χ3v) is 5.29. The SMILES string of the molecule is Cc1nn(Cc2ccc(C(=O)N[C@@H](C)c3cc4ccccc4o3)cc2)c(C)c1[N+](=O)[O-]. The van der Waals surface area contributed by atoms with Crippen LogP contribution in [0.5, 0.6) is 0 Å². The molecule has 0 unspecified atom stereocenters. The summed E-state index contributed by atoms with van der Waals surface area (Å²) in [6, 6.07) is 16.5. The summed E-state index contributed by atoms with van der Waals surface area (Å²) in [5, 5.41) is 19.4. The molecule has 0 radical (unpaired) electrons. The molecule has 0 saturated carbocycles. The molecule has 1 N–H and O–H groups in total. The number of nitrogens with one attached hydrogen (secondary N) is 1. The fraction of sp³-hybridized carbons (Fsp3) is 0.217. The van der Waals surface area contributed by atoms with Gasteiger partial charge in [-0.15, -0.1) is 0 Å². The molecule has 1 atom stereocenters. The fourth-order valence-electron chi connectivity index (χ4n) is 3.61. The summed E-state index contributed by atoms with van der Waals surface area (Å²) in [6.07, 6.45) is 0. The van der Waals surface area contributed by atoms with Crippen LogP contribution in [-0.2, 0) is 6.54 Å². The van der Waals surface area contributed by atoms with Gasteiger partial charge in [0.2, 0.25) is 0 Å². The van der Waals surface area contributed by atoms with Gasteiger partial charge in [-0.05, 0) is 50.6 Å². The van der Waals surface area contributed by atoms with E-state index in [9.17, 15) is 14.9 Å². The van der Waals surface area contributed by atoms with E-state index in [0.29, 0.717) is 29.3 Å². The second-order valence-electron chi connectivity index (χ2n) is 7.51. The van der Waals surface area contributed by atoms with Crippen molar-refractivity contribution in [3.05, 3.63) is 93.0 Å². The molecule has 0 aliphatic carbocycles. The van der Waals surface area contributed by atoms with Crippen molar-refractivity contribution in [1.29, 1.82) is 0 Å². The lowest BCUT2D eigenvalue weighted by Gasteiger charge is -2.12. The van der Waals surface area contributed by atoms with Gasteiger partial charge in [0.25, 0.3) is 5.91 Å². The van der Waals surface area contributed by atoms with E-state index in [2.05, 4.69) is 10.4 Å². The molecule has 31 heavy (non-hydrogen) atoms. The van der Waals surface area contributed by atoms with Gasteiger partial charge in [0.15, 0.2) is 0 Å². The van der Waals surface area contributed by atoms with E-state index in [4.69, 9.17) is 4.42 Å². The molecule has 2 aromatic heterocycles. The van der Waals surface area contributed by atoms with Crippen LogP contribution in [0.2, 0.25) is 0 Å². The van der Waals surface area contributed by atoms with E-state index in [-0.39, 0.29) is 17.6 Å². The number of furan rings is 1. The first-order chi connectivity index (χ1) is 14.8. The highest BCUT2D eigenvalue weighted by Gasteiger charge is 2.22. The predicted molar refractivity (Wildman–Crippen MR) is 116 cm³/mol. The van der Waals surface area contributed by atoms with Gasteiger partial charge in [-0.1, -0.05) is 30.3 Å². The standard InChI is InChI=1S/C23H22N4O4/c1-14(21-12-19-6-4-5-7-20(19)31-21)24-23(28)18-10-8-17(9-11-18)13-26-16(3)22(27(29)30)15(2)25-26/h4-12,14H,13H2,1-3H3,(H,24,28)/t14-/m0/s1. The number of aromatic nitrogens is 2. The first-order valence-electron chi connectivity index (χ1n) is 9.90. The number of para-hydroxylation sites is 1. The monoisotopic (exact) mass is 418 g/mol. The fourth-order valence-corrected chi connectivity index (χ4v) is 3.61. The smallest absolute Gasteiger partial charge is 0.312 e. The van der Waals surface area contributed by atoms with Crippen molar-refractivity contribution in [2.45, 2.75) is 33.4 Å². The number of carbonyl (C=O) groups excluding carboxylic acids is 1. The molecule has 158 valence electrons. The number of hydrogen-bond acceptors (Lipinski definition) is 5. The van der Waals surface area contributed by atoms with E-state index in [0.717, 1.165) is 16.5 Å². The first-order valence-corrected chi connectivity index (χ1v) is 9.90. The van der Waals surface area contributed by atoms with Crippen LogP contribution in [0, 0.1) is 24.0 Å². The molecule has 0 spiro atoms. The van der Waals surface area contributed by atoms with Gasteiger partial charge in [0, 0.05) is 10.9 Å². The summed E-state index contributed by atoms with van der Waals surface area (Å²) < 4.78 is 7.42. The van der Waals surface area contributed by atoms with Crippen molar-refractivity contribution >= 4 is 22.6 Å². The van der Waals surface area contributed by atoms with Crippen LogP contribution < -0.4 is 5.32 Å². The van der Waals surface area contributed by atoms with Crippen molar-refractivity contribution in [3.63, 3.8) is 0 Å². The van der Waals surface area contributed by atoms with E-state index >= 15 is 0 Å². The van der Waals surface area contributed by atoms with E-state index < -0.39 is 4.92 Å². The molecular weight excluding hydrogens is 396 g/mol. The van der Waals surface area contributed by atoms with Gasteiger partial charge in [-0.3, -0.25) is 19.6 Å². The minimum atomic E-state index is -0.412. The topological polar surface area (TPSA) is 103 Å². The third kappa shape index (κ3) is 4.05. The van der Waals surface area contributed by atoms with Gasteiger partial charge >= 0.3 is 5.69 Å². The Kier molecular flexibility index (Phi) is 5.29. The number of amides is 1. The molecule has 0 bridgehead atoms. The summed E-state index contributed by atoms with van der Waals surface area (Å²) in [6.45, 7) is 5.56. The van der Waals surface area contributed by atoms with Crippen molar-refractivity contribution in [2.75, 3.05) is 0 Å². The minimum absolute atomic E-state index is 0.0376. The zero-order valence-electron chi connectivity index (χ0n) is 17.5. The second kappa shape index (κ2) is 8.06. The molecular formula is C23H22N4O4. The van der Waals surface area contributed by atoms with Crippen LogP contribution in [0.4, 0.5) is 5.69 Å². The highest BCUT2D eigenvalue weighted by atomic mass is 16.6. The van der Waals surface area contributed by atoms with Gasteiger partial charge in [-0.25, -0.2) is 0 Å². The van der Waals surface area contributed by atoms with Crippen LogP contribution >= 0.6 is 0 Å². The van der Waals surface area contributed by atoms with E-state index in [1.807, 2.05) is 49.4 Å². The van der Waals surface area contributed by atoms with E-state index in [1.54, 1.807) is 30.7 Å². The quantitative estimate of drug-likeness (QED) is 0.361. The molecule has 0 aliphatic heterocycles. The zero-order chi connectivity index (χ0) is 22.1. The summed E-state index contributed by atoms with van der Waals surface area (Å²) in [7, 11) is 0. The normalized spacial score (nSPS) is 12.1. The maximum atomic E-state index is 12.6. The van der Waals surface area contributed by atoms with Crippen molar-refractivity contribution in [3.8, 4) is 0 Å². The lowest BCUT2D eigenvalue weighted by Crippen LogP contribution is -2.26. The average molecular weight is 418 g/mol. The highest BCUT2D eigenvalue weighted by molar-refractivity contribution is 5.94. The first kappa shape index (κ1) is 20.3. The minimum Gasteiger partial charge on any atom is -0.459 e. The summed E-state index contributed by atoms with van der Waals surface area (Å²) in [5.41, 5.74) is 3.12. The molecule has 2 aromatic carbocycles. The number of nitro groups is 1. The zero-order valence-corrected chi connectivity index (χ0v) is 17.5. The Morgan fingerprint density at radius 2 is 1.90 bits per heavy atom. The van der Waals surface area contributed by atoms with Gasteiger partial charge in [-0.2, -0.15) is 5.10 Å². The molecule has 8 heteroatoms. The van der Waals surface area contributed by atoms with Crippen LogP contribution in [-0.4, -0.2) is 20.6 Å². The Morgan fingerprint density at radius 3 is 2.55 bits per heavy atom. The van der Waals surface area contributed by atoms with Gasteiger partial charge in [0.05, 0.1) is 17.5 Å². The Labute approximate surface area is 178 Å². The Hall–Kier alpha value is -3.94. The number of rotatable bonds is 6. The van der Waals surface area contributed by atoms with Gasteiger partial charge < -0.3 is 9.73 Å². The van der Waals surface area contributed by atoms with Crippen LogP contribution in [0.3, 0.4) is 0 Å². The lowest BCUT2D eigenvalue weighted by molar-refractivity contribution is -0.386. The molecule has 2 heterocycles. The third-order valence-electron chi connectivity index (χ3n) is 5.29. The Bertz CT molecular complexity index is 1240. The van der Waals surface area contributed by atoms with Gasteiger partial charge in [0.1, 0.15) is 22.7 Å². The van der Waals surface area contributed by atoms with Crippen LogP contribution in [0.25, 0.3) is 11.0 Å². The largest absolute Gasteiger partial charge is 0.459 e. The summed E-state index contributed by atoms with van der Waals surface area (Å²) in [4.78, 5) is 23.4. The number of hydrogen-bond donors (Lipinski definition) is 1. The highest BCUT2D eigenvalue weighted by Crippen LogP contribution is 2.24. The number of nitrogens with zero attached hydrogens (tertiary/aromatic N) is 3. The van der Waals surface area contributed by atoms with Crippen molar-refractivity contribution < 1.29 is 14.1 Å². The maximum Gasteiger partial charge on any atom is 0.312 e. The predicted octanol–water partition coefficient (Wildman–Crippen LogP) is 4.69. The Balaban J connectivity index is 1.44. The van der Waals surface area contributed by atoms with Crippen molar-refractivity contribution in [2.24, 2.45) is 0 Å². The number of benzene rings is 2. The number of aryl methyl sites for hydroxylation is 1. The molecule has 8 nitrogen and oxygen atoms in total. The lowest BCUT2D eigenvalue weighted by atomic mass is 10.1. The second-order valence-corrected chi connectivity index (χ2v) is 7.51. The molecule has 0 aliphatic rings. The van der Waals surface area contributed by atoms with Crippen LogP contribution in [0.15, 0.2) is 59.0 Å². The molecule has 0 saturated heterocycles. The molecule has 4 rings (SSSR count). The molecule has 0 fully saturated rings.